The normalized spacial score (nSPS) is 10.2. The minimum atomic E-state index is -0.439. The van der Waals surface area contributed by atoms with E-state index in [-0.39, 0.29) is 18.1 Å². The predicted molar refractivity (Wildman–Crippen MR) is 68.6 cm³/mol. The van der Waals surface area contributed by atoms with Gasteiger partial charge in [0, 0.05) is 11.6 Å². The number of ether oxygens (including phenoxy) is 1. The molecule has 0 fully saturated rings. The van der Waals surface area contributed by atoms with Gasteiger partial charge >= 0.3 is 0 Å². The van der Waals surface area contributed by atoms with Gasteiger partial charge in [0.25, 0.3) is 5.69 Å². The molecule has 0 aliphatic rings. The smallest absolute Gasteiger partial charge is 0.272 e. The van der Waals surface area contributed by atoms with Crippen LogP contribution >= 0.6 is 0 Å². The summed E-state index contributed by atoms with van der Waals surface area (Å²) in [5.41, 5.74) is 1.29. The van der Waals surface area contributed by atoms with E-state index < -0.39 is 4.92 Å². The number of nitro benzene ring substituents is 1. The number of benzene rings is 2. The first kappa shape index (κ1) is 13.0. The van der Waals surface area contributed by atoms with Gasteiger partial charge in [-0.15, -0.1) is 0 Å². The van der Waals surface area contributed by atoms with Crippen LogP contribution in [0.25, 0.3) is 0 Å². The Morgan fingerprint density at radius 2 is 2.05 bits per heavy atom. The molecule has 0 atom stereocenters. The maximum absolute atomic E-state index is 13.0. The first-order valence-electron chi connectivity index (χ1n) is 5.68. The van der Waals surface area contributed by atoms with Crippen LogP contribution in [0, 0.1) is 22.9 Å². The molecule has 0 saturated carbocycles. The van der Waals surface area contributed by atoms with Gasteiger partial charge in [0.2, 0.25) is 0 Å². The van der Waals surface area contributed by atoms with Crippen LogP contribution in [0.5, 0.6) is 5.75 Å². The summed E-state index contributed by atoms with van der Waals surface area (Å²) < 4.78 is 18.4. The van der Waals surface area contributed by atoms with Gasteiger partial charge in [0.05, 0.1) is 4.92 Å². The average Bonchev–Trinajstić information content (AvgIpc) is 2.36. The Balaban J connectivity index is 2.08. The number of hydrogen-bond acceptors (Lipinski definition) is 3. The van der Waals surface area contributed by atoms with E-state index in [0.717, 1.165) is 0 Å². The zero-order valence-electron chi connectivity index (χ0n) is 10.3. The van der Waals surface area contributed by atoms with Gasteiger partial charge in [-0.2, -0.15) is 0 Å². The van der Waals surface area contributed by atoms with E-state index in [0.29, 0.717) is 16.9 Å². The number of hydrogen-bond donors (Lipinski definition) is 0. The van der Waals surface area contributed by atoms with Crippen molar-refractivity contribution in [3.05, 3.63) is 69.5 Å². The van der Waals surface area contributed by atoms with Crippen LogP contribution in [-0.2, 0) is 6.61 Å². The summed E-state index contributed by atoms with van der Waals surface area (Å²) in [5.74, 6) is 0.202. The van der Waals surface area contributed by atoms with E-state index >= 15 is 0 Å². The van der Waals surface area contributed by atoms with Crippen molar-refractivity contribution in [1.29, 1.82) is 0 Å². The van der Waals surface area contributed by atoms with Crippen LogP contribution < -0.4 is 4.74 Å². The quantitative estimate of drug-likeness (QED) is 0.624. The Morgan fingerprint density at radius 3 is 2.68 bits per heavy atom. The number of halogens is 1. The molecule has 0 aliphatic heterocycles. The third-order valence-corrected chi connectivity index (χ3v) is 2.66. The number of aryl methyl sites for hydroxylation is 1. The molecule has 2 aromatic carbocycles. The third-order valence-electron chi connectivity index (χ3n) is 2.66. The predicted octanol–water partition coefficient (Wildman–Crippen LogP) is 3.62. The summed E-state index contributed by atoms with van der Waals surface area (Å²) >= 11 is 0. The van der Waals surface area contributed by atoms with E-state index in [9.17, 15) is 14.5 Å². The summed E-state index contributed by atoms with van der Waals surface area (Å²) in [5, 5.41) is 10.7. The molecular formula is C14H12FNO3. The molecule has 0 saturated heterocycles. The van der Waals surface area contributed by atoms with Crippen molar-refractivity contribution in [2.75, 3.05) is 0 Å². The molecule has 19 heavy (non-hydrogen) atoms. The van der Waals surface area contributed by atoms with Crippen LogP contribution in [-0.4, -0.2) is 4.92 Å². The van der Waals surface area contributed by atoms with Gasteiger partial charge in [-0.3, -0.25) is 10.1 Å². The molecule has 2 aromatic rings. The van der Waals surface area contributed by atoms with Crippen LogP contribution in [0.3, 0.4) is 0 Å². The van der Waals surface area contributed by atoms with Crippen molar-refractivity contribution in [3.8, 4) is 5.75 Å². The minimum absolute atomic E-state index is 0.0538. The highest BCUT2D eigenvalue weighted by Gasteiger charge is 2.10. The first-order valence-corrected chi connectivity index (χ1v) is 5.68. The average molecular weight is 261 g/mol. The molecule has 0 amide bonds. The topological polar surface area (TPSA) is 52.4 Å². The van der Waals surface area contributed by atoms with Crippen molar-refractivity contribution >= 4 is 5.69 Å². The van der Waals surface area contributed by atoms with Crippen LogP contribution in [0.15, 0.2) is 42.5 Å². The van der Waals surface area contributed by atoms with E-state index in [1.54, 1.807) is 25.1 Å². The maximum atomic E-state index is 13.0. The third kappa shape index (κ3) is 3.28. The van der Waals surface area contributed by atoms with Gasteiger partial charge in [0.1, 0.15) is 18.2 Å². The van der Waals surface area contributed by atoms with E-state index in [1.807, 2.05) is 0 Å². The summed E-state index contributed by atoms with van der Waals surface area (Å²) in [6.45, 7) is 1.86. The lowest BCUT2D eigenvalue weighted by Crippen LogP contribution is -1.97. The second kappa shape index (κ2) is 5.48. The van der Waals surface area contributed by atoms with E-state index in [2.05, 4.69) is 0 Å². The largest absolute Gasteiger partial charge is 0.489 e. The first-order chi connectivity index (χ1) is 9.06. The molecule has 2 rings (SSSR count). The molecule has 0 spiro atoms. The van der Waals surface area contributed by atoms with Gasteiger partial charge in [-0.1, -0.05) is 12.1 Å². The summed E-state index contributed by atoms with van der Waals surface area (Å²) in [7, 11) is 0. The van der Waals surface area contributed by atoms with Crippen molar-refractivity contribution < 1.29 is 14.1 Å². The van der Waals surface area contributed by atoms with Crippen molar-refractivity contribution in [1.82, 2.24) is 0 Å². The Morgan fingerprint density at radius 1 is 1.26 bits per heavy atom. The summed E-state index contributed by atoms with van der Waals surface area (Å²) in [6.07, 6.45) is 0. The molecule has 5 heteroatoms. The minimum Gasteiger partial charge on any atom is -0.489 e. The van der Waals surface area contributed by atoms with Gasteiger partial charge in [0.15, 0.2) is 0 Å². The second-order valence-corrected chi connectivity index (χ2v) is 4.12. The molecule has 0 N–H and O–H groups in total. The highest BCUT2D eigenvalue weighted by atomic mass is 19.1. The Kier molecular flexibility index (Phi) is 3.75. The summed E-state index contributed by atoms with van der Waals surface area (Å²) in [4.78, 5) is 10.2. The maximum Gasteiger partial charge on any atom is 0.272 e. The van der Waals surface area contributed by atoms with Crippen molar-refractivity contribution in [3.63, 3.8) is 0 Å². The Bertz CT molecular complexity index is 613. The van der Waals surface area contributed by atoms with Crippen LogP contribution in [0.1, 0.15) is 11.1 Å². The van der Waals surface area contributed by atoms with Crippen molar-refractivity contribution in [2.24, 2.45) is 0 Å². The van der Waals surface area contributed by atoms with Gasteiger partial charge in [-0.05, 0) is 36.8 Å². The monoisotopic (exact) mass is 261 g/mol. The van der Waals surface area contributed by atoms with E-state index in [4.69, 9.17) is 4.74 Å². The standard InChI is InChI=1S/C14H12FNO3/c1-10-7-13(5-6-14(10)16(17)18)19-9-11-3-2-4-12(15)8-11/h2-8H,9H2,1H3. The Labute approximate surface area is 109 Å². The van der Waals surface area contributed by atoms with Crippen LogP contribution in [0.2, 0.25) is 0 Å². The summed E-state index contributed by atoms with van der Waals surface area (Å²) in [6, 6.07) is 10.6. The molecule has 4 nitrogen and oxygen atoms in total. The fourth-order valence-electron chi connectivity index (χ4n) is 1.72. The SMILES string of the molecule is Cc1cc(OCc2cccc(F)c2)ccc1[N+](=O)[O-]. The zero-order chi connectivity index (χ0) is 13.8. The highest BCUT2D eigenvalue weighted by Crippen LogP contribution is 2.23. The number of nitrogens with zero attached hydrogens (tertiary/aromatic N) is 1. The molecule has 0 unspecified atom stereocenters. The zero-order valence-corrected chi connectivity index (χ0v) is 10.3. The van der Waals surface area contributed by atoms with Crippen molar-refractivity contribution in [2.45, 2.75) is 13.5 Å². The molecule has 0 radical (unpaired) electrons. The van der Waals surface area contributed by atoms with Gasteiger partial charge in [-0.25, -0.2) is 4.39 Å². The van der Waals surface area contributed by atoms with Gasteiger partial charge < -0.3 is 4.74 Å². The lowest BCUT2D eigenvalue weighted by Gasteiger charge is -2.07. The molecule has 0 heterocycles. The second-order valence-electron chi connectivity index (χ2n) is 4.12. The number of rotatable bonds is 4. The molecule has 98 valence electrons. The molecule has 0 bridgehead atoms. The highest BCUT2D eigenvalue weighted by molar-refractivity contribution is 5.44. The van der Waals surface area contributed by atoms with Crippen LogP contribution in [0.4, 0.5) is 10.1 Å². The van der Waals surface area contributed by atoms with E-state index in [1.165, 1.54) is 24.3 Å². The fourth-order valence-corrected chi connectivity index (χ4v) is 1.72. The fraction of sp³-hybridized carbons (Fsp3) is 0.143. The molecule has 0 aliphatic carbocycles. The lowest BCUT2D eigenvalue weighted by atomic mass is 10.2. The Hall–Kier alpha value is -2.43. The molecular weight excluding hydrogens is 249 g/mol. The number of nitro groups is 1. The lowest BCUT2D eigenvalue weighted by molar-refractivity contribution is -0.385. The molecule has 0 aromatic heterocycles.